The third-order valence-electron chi connectivity index (χ3n) is 3.84. The predicted molar refractivity (Wildman–Crippen MR) is 89.5 cm³/mol. The lowest BCUT2D eigenvalue weighted by molar-refractivity contribution is -0.384. The minimum Gasteiger partial charge on any atom is -0.377 e. The third-order valence-corrected chi connectivity index (χ3v) is 3.84. The Bertz CT molecular complexity index is 865. The fourth-order valence-corrected chi connectivity index (χ4v) is 2.85. The number of aryl methyl sites for hydroxylation is 1. The molecule has 22 heavy (non-hydrogen) atoms. The second-order valence-electron chi connectivity index (χ2n) is 5.52. The van der Waals surface area contributed by atoms with E-state index in [0.717, 1.165) is 33.4 Å². The smallest absolute Gasteiger partial charge is 0.270 e. The fraction of sp³-hybridized carbons (Fsp3) is 0.176. The summed E-state index contributed by atoms with van der Waals surface area (Å²) in [6.07, 6.45) is 0. The lowest BCUT2D eigenvalue weighted by atomic mass is 9.99. The highest BCUT2D eigenvalue weighted by Gasteiger charge is 2.17. The fourth-order valence-electron chi connectivity index (χ4n) is 2.85. The van der Waals surface area contributed by atoms with Crippen molar-refractivity contribution in [2.75, 3.05) is 19.0 Å². The Hall–Kier alpha value is -2.82. The summed E-state index contributed by atoms with van der Waals surface area (Å²) in [5.41, 5.74) is 5.18. The number of nitrogens with one attached hydrogen (secondary N) is 1. The zero-order valence-corrected chi connectivity index (χ0v) is 12.8. The molecule has 0 aliphatic carbocycles. The summed E-state index contributed by atoms with van der Waals surface area (Å²) in [6.45, 7) is 1.99. The van der Waals surface area contributed by atoms with E-state index in [-0.39, 0.29) is 10.6 Å². The Balaban J connectivity index is 2.33. The number of hydrogen-bond acceptors (Lipinski definition) is 3. The Labute approximate surface area is 128 Å². The SMILES string of the molecule is Cc1[nH]c2ccc([N+](=O)[O-])cc2c1-c1ccccc1N(C)C. The van der Waals surface area contributed by atoms with E-state index >= 15 is 0 Å². The number of rotatable bonds is 3. The summed E-state index contributed by atoms with van der Waals surface area (Å²) >= 11 is 0. The molecular formula is C17H17N3O2. The largest absolute Gasteiger partial charge is 0.377 e. The molecule has 0 fully saturated rings. The average Bonchev–Trinajstić information content (AvgIpc) is 2.81. The van der Waals surface area contributed by atoms with Crippen molar-refractivity contribution in [1.29, 1.82) is 0 Å². The molecule has 1 N–H and O–H groups in total. The summed E-state index contributed by atoms with van der Waals surface area (Å²) in [7, 11) is 3.98. The number of H-pyrrole nitrogens is 1. The number of para-hydroxylation sites is 1. The molecule has 0 spiro atoms. The van der Waals surface area contributed by atoms with Gasteiger partial charge < -0.3 is 9.88 Å². The first-order valence-corrected chi connectivity index (χ1v) is 7.02. The van der Waals surface area contributed by atoms with Gasteiger partial charge in [-0.25, -0.2) is 0 Å². The van der Waals surface area contributed by atoms with Crippen molar-refractivity contribution in [3.05, 3.63) is 58.3 Å². The topological polar surface area (TPSA) is 62.2 Å². The van der Waals surface area contributed by atoms with Gasteiger partial charge in [-0.15, -0.1) is 0 Å². The molecule has 0 saturated heterocycles. The monoisotopic (exact) mass is 295 g/mol. The molecule has 1 aromatic heterocycles. The first kappa shape index (κ1) is 14.1. The van der Waals surface area contributed by atoms with Crippen LogP contribution in [0.4, 0.5) is 11.4 Å². The summed E-state index contributed by atoms with van der Waals surface area (Å²) in [6, 6.07) is 13.0. The van der Waals surface area contributed by atoms with Crippen LogP contribution in [0.5, 0.6) is 0 Å². The van der Waals surface area contributed by atoms with Crippen molar-refractivity contribution in [1.82, 2.24) is 4.98 Å². The van der Waals surface area contributed by atoms with E-state index in [2.05, 4.69) is 4.98 Å². The van der Waals surface area contributed by atoms with Gasteiger partial charge in [0.15, 0.2) is 0 Å². The van der Waals surface area contributed by atoms with Gasteiger partial charge >= 0.3 is 0 Å². The molecule has 0 atom stereocenters. The van der Waals surface area contributed by atoms with Gasteiger partial charge in [0.25, 0.3) is 5.69 Å². The van der Waals surface area contributed by atoms with Crippen LogP contribution in [0.3, 0.4) is 0 Å². The minimum atomic E-state index is -0.358. The number of aromatic amines is 1. The van der Waals surface area contributed by atoms with Crippen molar-refractivity contribution in [2.24, 2.45) is 0 Å². The van der Waals surface area contributed by atoms with Gasteiger partial charge in [0.1, 0.15) is 0 Å². The zero-order chi connectivity index (χ0) is 15.9. The Morgan fingerprint density at radius 3 is 2.55 bits per heavy atom. The highest BCUT2D eigenvalue weighted by Crippen LogP contribution is 2.38. The van der Waals surface area contributed by atoms with Gasteiger partial charge in [0.2, 0.25) is 0 Å². The molecule has 0 saturated carbocycles. The van der Waals surface area contributed by atoms with E-state index in [1.54, 1.807) is 12.1 Å². The van der Waals surface area contributed by atoms with Crippen LogP contribution in [0.25, 0.3) is 22.0 Å². The van der Waals surface area contributed by atoms with Gasteiger partial charge in [-0.2, -0.15) is 0 Å². The Morgan fingerprint density at radius 1 is 1.14 bits per heavy atom. The van der Waals surface area contributed by atoms with Crippen LogP contribution in [-0.2, 0) is 0 Å². The number of hydrogen-bond donors (Lipinski definition) is 1. The predicted octanol–water partition coefficient (Wildman–Crippen LogP) is 4.12. The molecule has 0 amide bonds. The molecule has 0 unspecified atom stereocenters. The Kier molecular flexibility index (Phi) is 3.33. The van der Waals surface area contributed by atoms with Crippen molar-refractivity contribution in [3.63, 3.8) is 0 Å². The van der Waals surface area contributed by atoms with Gasteiger partial charge in [-0.1, -0.05) is 18.2 Å². The number of non-ortho nitro benzene ring substituents is 1. The van der Waals surface area contributed by atoms with E-state index in [1.807, 2.05) is 50.2 Å². The highest BCUT2D eigenvalue weighted by molar-refractivity contribution is 6.01. The number of aromatic nitrogens is 1. The van der Waals surface area contributed by atoms with E-state index in [1.165, 1.54) is 6.07 Å². The number of anilines is 1. The molecule has 0 radical (unpaired) electrons. The Morgan fingerprint density at radius 2 is 1.86 bits per heavy atom. The minimum absolute atomic E-state index is 0.107. The van der Waals surface area contributed by atoms with Gasteiger partial charge in [-0.05, 0) is 19.1 Å². The number of benzene rings is 2. The molecule has 112 valence electrons. The van der Waals surface area contributed by atoms with Crippen LogP contribution in [-0.4, -0.2) is 24.0 Å². The number of nitro benzene ring substituents is 1. The van der Waals surface area contributed by atoms with Crippen molar-refractivity contribution in [3.8, 4) is 11.1 Å². The molecule has 0 aliphatic heterocycles. The quantitative estimate of drug-likeness (QED) is 0.584. The number of nitrogens with zero attached hydrogens (tertiary/aromatic N) is 2. The molecule has 2 aromatic carbocycles. The first-order chi connectivity index (χ1) is 10.5. The van der Waals surface area contributed by atoms with Crippen molar-refractivity contribution >= 4 is 22.3 Å². The molecular weight excluding hydrogens is 278 g/mol. The first-order valence-electron chi connectivity index (χ1n) is 7.02. The molecule has 5 heteroatoms. The van der Waals surface area contributed by atoms with Gasteiger partial charge in [-0.3, -0.25) is 10.1 Å². The van der Waals surface area contributed by atoms with Crippen LogP contribution in [0.2, 0.25) is 0 Å². The summed E-state index contributed by atoms with van der Waals surface area (Å²) < 4.78 is 0. The van der Waals surface area contributed by atoms with Crippen LogP contribution in [0.15, 0.2) is 42.5 Å². The molecule has 0 bridgehead atoms. The van der Waals surface area contributed by atoms with E-state index in [0.29, 0.717) is 0 Å². The second kappa shape index (κ2) is 5.18. The van der Waals surface area contributed by atoms with Gasteiger partial charge in [0, 0.05) is 59.6 Å². The standard InChI is InChI=1S/C17H17N3O2/c1-11-17(13-6-4-5-7-16(13)19(2)3)14-10-12(20(21)22)8-9-15(14)18-11/h4-10,18H,1-3H3. The summed E-state index contributed by atoms with van der Waals surface area (Å²) in [5, 5.41) is 11.9. The highest BCUT2D eigenvalue weighted by atomic mass is 16.6. The molecule has 0 aliphatic rings. The van der Waals surface area contributed by atoms with E-state index in [9.17, 15) is 10.1 Å². The molecule has 1 heterocycles. The number of nitro groups is 1. The number of fused-ring (bicyclic) bond motifs is 1. The molecule has 3 rings (SSSR count). The maximum Gasteiger partial charge on any atom is 0.270 e. The lowest BCUT2D eigenvalue weighted by Crippen LogP contribution is -2.09. The van der Waals surface area contributed by atoms with Crippen LogP contribution >= 0.6 is 0 Å². The van der Waals surface area contributed by atoms with Crippen molar-refractivity contribution < 1.29 is 4.92 Å². The maximum atomic E-state index is 11.1. The summed E-state index contributed by atoms with van der Waals surface area (Å²) in [5.74, 6) is 0. The zero-order valence-electron chi connectivity index (χ0n) is 12.8. The third kappa shape index (κ3) is 2.20. The van der Waals surface area contributed by atoms with E-state index in [4.69, 9.17) is 0 Å². The average molecular weight is 295 g/mol. The molecule has 5 nitrogen and oxygen atoms in total. The normalized spacial score (nSPS) is 10.9. The van der Waals surface area contributed by atoms with Gasteiger partial charge in [0.05, 0.1) is 4.92 Å². The molecule has 3 aromatic rings. The lowest BCUT2D eigenvalue weighted by Gasteiger charge is -2.17. The van der Waals surface area contributed by atoms with Crippen molar-refractivity contribution in [2.45, 2.75) is 6.92 Å². The van der Waals surface area contributed by atoms with Crippen LogP contribution < -0.4 is 4.90 Å². The van der Waals surface area contributed by atoms with Crippen LogP contribution in [0.1, 0.15) is 5.69 Å². The van der Waals surface area contributed by atoms with Crippen LogP contribution in [0, 0.1) is 17.0 Å². The maximum absolute atomic E-state index is 11.1. The van der Waals surface area contributed by atoms with E-state index < -0.39 is 0 Å². The summed E-state index contributed by atoms with van der Waals surface area (Å²) in [4.78, 5) is 16.1. The second-order valence-corrected chi connectivity index (χ2v) is 5.52.